The van der Waals surface area contributed by atoms with Crippen LogP contribution in [0.3, 0.4) is 0 Å². The van der Waals surface area contributed by atoms with Crippen molar-refractivity contribution in [1.82, 2.24) is 0 Å². The first-order chi connectivity index (χ1) is 10.7. The van der Waals surface area contributed by atoms with Gasteiger partial charge in [-0.05, 0) is 49.1 Å². The number of hydrogen-bond acceptors (Lipinski definition) is 4. The molecule has 0 unspecified atom stereocenters. The van der Waals surface area contributed by atoms with E-state index in [9.17, 15) is 4.79 Å². The van der Waals surface area contributed by atoms with E-state index in [1.54, 1.807) is 17.8 Å². The fourth-order valence-corrected chi connectivity index (χ4v) is 2.58. The minimum atomic E-state index is -0.412. The van der Waals surface area contributed by atoms with Crippen LogP contribution in [-0.2, 0) is 9.53 Å². The number of esters is 1. The number of aliphatic imine (C=N–C) groups is 1. The van der Waals surface area contributed by atoms with Gasteiger partial charge in [0.15, 0.2) is 5.70 Å². The lowest BCUT2D eigenvalue weighted by molar-refractivity contribution is -0.129. The Hall–Kier alpha value is -2.33. The van der Waals surface area contributed by atoms with Gasteiger partial charge in [-0.1, -0.05) is 29.8 Å². The van der Waals surface area contributed by atoms with E-state index in [2.05, 4.69) is 4.99 Å². The van der Waals surface area contributed by atoms with Gasteiger partial charge in [0, 0.05) is 10.5 Å². The number of carbonyl (C=O) groups excluding carboxylic acids is 1. The van der Waals surface area contributed by atoms with Crippen molar-refractivity contribution in [2.45, 2.75) is 11.8 Å². The smallest absolute Gasteiger partial charge is 0.363 e. The molecule has 1 heterocycles. The summed E-state index contributed by atoms with van der Waals surface area (Å²) in [4.78, 5) is 17.5. The average Bonchev–Trinajstić information content (AvgIpc) is 2.89. The quantitative estimate of drug-likeness (QED) is 0.487. The second-order valence-electron chi connectivity index (χ2n) is 4.98. The largest absolute Gasteiger partial charge is 0.402 e. The normalized spacial score (nSPS) is 15.8. The lowest BCUT2D eigenvalue weighted by atomic mass is 10.1. The third-order valence-corrected chi connectivity index (χ3v) is 4.05. The van der Waals surface area contributed by atoms with Gasteiger partial charge in [0.25, 0.3) is 0 Å². The van der Waals surface area contributed by atoms with Gasteiger partial charge >= 0.3 is 5.97 Å². The van der Waals surface area contributed by atoms with Crippen LogP contribution in [0.4, 0.5) is 0 Å². The summed E-state index contributed by atoms with van der Waals surface area (Å²) in [5.41, 5.74) is 3.17. The molecule has 0 amide bonds. The van der Waals surface area contributed by atoms with Gasteiger partial charge in [-0.3, -0.25) is 0 Å². The van der Waals surface area contributed by atoms with Crippen LogP contribution in [0.5, 0.6) is 0 Å². The molecule has 1 aliphatic rings. The predicted octanol–water partition coefficient (Wildman–Crippen LogP) is 4.06. The molecular formula is C18H15NO2S. The van der Waals surface area contributed by atoms with Crippen molar-refractivity contribution < 1.29 is 9.53 Å². The van der Waals surface area contributed by atoms with Gasteiger partial charge in [-0.2, -0.15) is 0 Å². The third-order valence-electron chi connectivity index (χ3n) is 3.30. The lowest BCUT2D eigenvalue weighted by Crippen LogP contribution is -2.05. The summed E-state index contributed by atoms with van der Waals surface area (Å²) < 4.78 is 5.27. The molecule has 2 aromatic rings. The van der Waals surface area contributed by atoms with Crippen LogP contribution >= 0.6 is 11.8 Å². The second kappa shape index (κ2) is 6.20. The number of cyclic esters (lactones) is 1. The fraction of sp³-hybridized carbons (Fsp3) is 0.111. The van der Waals surface area contributed by atoms with Crippen molar-refractivity contribution in [3.05, 3.63) is 70.9 Å². The molecule has 0 saturated heterocycles. The van der Waals surface area contributed by atoms with Gasteiger partial charge in [-0.25, -0.2) is 9.79 Å². The Morgan fingerprint density at radius 1 is 1.14 bits per heavy atom. The van der Waals surface area contributed by atoms with Crippen molar-refractivity contribution in [3.8, 4) is 0 Å². The molecule has 0 N–H and O–H groups in total. The summed E-state index contributed by atoms with van der Waals surface area (Å²) in [5.74, 6) is -0.0499. The van der Waals surface area contributed by atoms with Crippen molar-refractivity contribution in [2.75, 3.05) is 6.26 Å². The zero-order chi connectivity index (χ0) is 15.5. The van der Waals surface area contributed by atoms with E-state index >= 15 is 0 Å². The molecule has 0 aromatic heterocycles. The Labute approximate surface area is 133 Å². The van der Waals surface area contributed by atoms with E-state index in [4.69, 9.17) is 4.74 Å². The molecule has 2 aromatic carbocycles. The van der Waals surface area contributed by atoms with Crippen LogP contribution in [0.1, 0.15) is 16.7 Å². The number of aryl methyl sites for hydroxylation is 1. The maximum atomic E-state index is 12.0. The van der Waals surface area contributed by atoms with Crippen molar-refractivity contribution in [2.24, 2.45) is 4.99 Å². The van der Waals surface area contributed by atoms with Crippen LogP contribution in [0.25, 0.3) is 6.08 Å². The second-order valence-corrected chi connectivity index (χ2v) is 5.86. The van der Waals surface area contributed by atoms with Crippen molar-refractivity contribution in [3.63, 3.8) is 0 Å². The van der Waals surface area contributed by atoms with Gasteiger partial charge in [0.1, 0.15) is 0 Å². The van der Waals surface area contributed by atoms with E-state index in [0.717, 1.165) is 16.7 Å². The van der Waals surface area contributed by atoms with E-state index < -0.39 is 5.97 Å². The Bertz CT molecular complexity index is 776. The Kier molecular flexibility index (Phi) is 4.11. The summed E-state index contributed by atoms with van der Waals surface area (Å²) in [5, 5.41) is 0. The highest BCUT2D eigenvalue weighted by Gasteiger charge is 2.24. The van der Waals surface area contributed by atoms with Crippen LogP contribution in [0.15, 0.2) is 64.1 Å². The molecule has 22 heavy (non-hydrogen) atoms. The average molecular weight is 309 g/mol. The summed E-state index contributed by atoms with van der Waals surface area (Å²) in [6, 6.07) is 15.7. The zero-order valence-corrected chi connectivity index (χ0v) is 13.2. The number of rotatable bonds is 3. The zero-order valence-electron chi connectivity index (χ0n) is 12.4. The molecule has 0 atom stereocenters. The van der Waals surface area contributed by atoms with E-state index in [0.29, 0.717) is 11.6 Å². The molecule has 110 valence electrons. The Balaban J connectivity index is 1.90. The number of thioether (sulfide) groups is 1. The van der Waals surface area contributed by atoms with Gasteiger partial charge in [0.2, 0.25) is 5.90 Å². The predicted molar refractivity (Wildman–Crippen MR) is 90.0 cm³/mol. The van der Waals surface area contributed by atoms with E-state index in [1.807, 2.05) is 61.7 Å². The maximum Gasteiger partial charge on any atom is 0.363 e. The fourth-order valence-electron chi connectivity index (χ4n) is 2.17. The van der Waals surface area contributed by atoms with Gasteiger partial charge < -0.3 is 4.74 Å². The number of hydrogen-bond donors (Lipinski definition) is 0. The molecule has 0 radical (unpaired) electrons. The Morgan fingerprint density at radius 3 is 2.59 bits per heavy atom. The Morgan fingerprint density at radius 2 is 1.91 bits per heavy atom. The van der Waals surface area contributed by atoms with Gasteiger partial charge in [0.05, 0.1) is 0 Å². The molecule has 1 aliphatic heterocycles. The highest BCUT2D eigenvalue weighted by atomic mass is 32.2. The van der Waals surface area contributed by atoms with Crippen LogP contribution in [0, 0.1) is 6.92 Å². The highest BCUT2D eigenvalue weighted by Crippen LogP contribution is 2.21. The number of ether oxygens (including phenoxy) is 1. The minimum Gasteiger partial charge on any atom is -0.402 e. The first-order valence-corrected chi connectivity index (χ1v) is 8.12. The molecule has 3 nitrogen and oxygen atoms in total. The number of carbonyl (C=O) groups is 1. The molecule has 3 rings (SSSR count). The first kappa shape index (κ1) is 14.6. The minimum absolute atomic E-state index is 0.327. The van der Waals surface area contributed by atoms with Crippen LogP contribution in [-0.4, -0.2) is 18.1 Å². The van der Waals surface area contributed by atoms with Crippen LogP contribution < -0.4 is 0 Å². The molecule has 0 fully saturated rings. The summed E-state index contributed by atoms with van der Waals surface area (Å²) in [6.45, 7) is 1.99. The summed E-state index contributed by atoms with van der Waals surface area (Å²) in [6.07, 6.45) is 3.77. The summed E-state index contributed by atoms with van der Waals surface area (Å²) >= 11 is 1.68. The standard InChI is InChI=1S/C18H15NO2S/c1-12-4-3-5-14(10-12)17-19-16(18(20)21-17)11-13-6-8-15(22-2)9-7-13/h3-11H,1-2H3/b16-11-. The van der Waals surface area contributed by atoms with Gasteiger partial charge in [-0.15, -0.1) is 11.8 Å². The number of nitrogens with zero attached hydrogens (tertiary/aromatic N) is 1. The SMILES string of the molecule is CSc1ccc(/C=C2\N=C(c3cccc(C)c3)OC2=O)cc1. The van der Waals surface area contributed by atoms with Crippen LogP contribution in [0.2, 0.25) is 0 Å². The molecular weight excluding hydrogens is 294 g/mol. The topological polar surface area (TPSA) is 38.7 Å². The van der Waals surface area contributed by atoms with E-state index in [-0.39, 0.29) is 0 Å². The number of benzene rings is 2. The molecule has 0 aliphatic carbocycles. The van der Waals surface area contributed by atoms with Crippen molar-refractivity contribution in [1.29, 1.82) is 0 Å². The maximum absolute atomic E-state index is 12.0. The monoisotopic (exact) mass is 309 g/mol. The summed E-state index contributed by atoms with van der Waals surface area (Å²) in [7, 11) is 0. The third kappa shape index (κ3) is 3.12. The molecule has 4 heteroatoms. The lowest BCUT2D eigenvalue weighted by Gasteiger charge is -1.99. The van der Waals surface area contributed by atoms with E-state index in [1.165, 1.54) is 4.90 Å². The molecule has 0 spiro atoms. The molecule has 0 saturated carbocycles. The van der Waals surface area contributed by atoms with Crippen molar-refractivity contribution >= 4 is 29.7 Å². The highest BCUT2D eigenvalue weighted by molar-refractivity contribution is 7.98. The first-order valence-electron chi connectivity index (χ1n) is 6.89. The molecule has 0 bridgehead atoms.